The Morgan fingerprint density at radius 1 is 0.815 bits per heavy atom. The number of rotatable bonds is 17. The third kappa shape index (κ3) is 13.3. The van der Waals surface area contributed by atoms with Crippen molar-refractivity contribution in [2.75, 3.05) is 32.8 Å². The van der Waals surface area contributed by atoms with Gasteiger partial charge in [-0.15, -0.1) is 0 Å². The van der Waals surface area contributed by atoms with E-state index < -0.39 is 5.97 Å². The highest BCUT2D eigenvalue weighted by atomic mass is 16.4. The number of aliphatic hydroxyl groups is 3. The summed E-state index contributed by atoms with van der Waals surface area (Å²) in [5.74, 6) is -0.527. The van der Waals surface area contributed by atoms with Crippen molar-refractivity contribution in [2.24, 2.45) is 0 Å². The van der Waals surface area contributed by atoms with Crippen LogP contribution >= 0.6 is 0 Å². The summed E-state index contributed by atoms with van der Waals surface area (Å²) in [4.78, 5) is 11.1. The lowest BCUT2D eigenvalue weighted by molar-refractivity contribution is -0.921. The molecule has 0 fully saturated rings. The number of hydrogen-bond donors (Lipinski definition) is 4. The van der Waals surface area contributed by atoms with Gasteiger partial charge in [0.05, 0.1) is 19.6 Å². The molecular formula is C21H40NO5+. The number of carboxylic acids is 1. The molecule has 0 aliphatic heterocycles. The third-order valence-corrected chi connectivity index (χ3v) is 4.74. The Morgan fingerprint density at radius 3 is 1.67 bits per heavy atom. The van der Waals surface area contributed by atoms with Crippen molar-refractivity contribution >= 4 is 5.97 Å². The zero-order valence-electron chi connectivity index (χ0n) is 17.2. The van der Waals surface area contributed by atoms with E-state index >= 15 is 0 Å². The first kappa shape index (κ1) is 25.5. The number of aliphatic hydroxyl groups excluding tert-OH is 3. The summed E-state index contributed by atoms with van der Waals surface area (Å²) in [6.45, 7) is 5.07. The van der Waals surface area contributed by atoms with Crippen molar-refractivity contribution in [2.45, 2.75) is 71.6 Å². The van der Waals surface area contributed by atoms with E-state index in [0.29, 0.717) is 0 Å². The Bertz CT molecular complexity index is 431. The predicted octanol–water partition coefficient (Wildman–Crippen LogP) is 4.31. The summed E-state index contributed by atoms with van der Waals surface area (Å²) in [5, 5.41) is 39.3. The van der Waals surface area contributed by atoms with Gasteiger partial charge in [0, 0.05) is 0 Å². The molecular weight excluding hydrogens is 346 g/mol. The van der Waals surface area contributed by atoms with E-state index in [1.54, 1.807) is 12.2 Å². The second kappa shape index (κ2) is 15.5. The fraction of sp³-hybridized carbons (Fsp3) is 0.762. The summed E-state index contributed by atoms with van der Waals surface area (Å²) >= 11 is 0. The standard InChI is InChI=1S/C21H39NO5/c1-3-5-7-9-11-19(24)17-22(15-16-23,14-13-21(26)27)18-20(25)12-10-8-6-4-2/h11-12,23H,3-10,13-18H2,1-2H3,(H2-,24,25,26,27)/p+1/b19-11-,20-12-. The molecule has 0 rings (SSSR count). The zero-order valence-corrected chi connectivity index (χ0v) is 17.2. The topological polar surface area (TPSA) is 98.0 Å². The van der Waals surface area contributed by atoms with Gasteiger partial charge < -0.3 is 24.9 Å². The molecule has 4 N–H and O–H groups in total. The van der Waals surface area contributed by atoms with Crippen molar-refractivity contribution < 1.29 is 29.7 Å². The van der Waals surface area contributed by atoms with E-state index in [1.165, 1.54) is 0 Å². The summed E-state index contributed by atoms with van der Waals surface area (Å²) in [7, 11) is 0. The van der Waals surface area contributed by atoms with Crippen LogP contribution in [0.2, 0.25) is 0 Å². The molecule has 6 nitrogen and oxygen atoms in total. The number of quaternary nitrogens is 1. The van der Waals surface area contributed by atoms with E-state index in [1.807, 2.05) is 0 Å². The largest absolute Gasteiger partial charge is 0.507 e. The lowest BCUT2D eigenvalue weighted by Crippen LogP contribution is -2.53. The Balaban J connectivity index is 5.16. The van der Waals surface area contributed by atoms with Gasteiger partial charge in [-0.2, -0.15) is 0 Å². The van der Waals surface area contributed by atoms with Gasteiger partial charge in [0.1, 0.15) is 31.2 Å². The average molecular weight is 387 g/mol. The van der Waals surface area contributed by atoms with Gasteiger partial charge in [0.15, 0.2) is 0 Å². The molecule has 0 radical (unpaired) electrons. The molecule has 0 heterocycles. The molecule has 0 amide bonds. The number of unbranched alkanes of at least 4 members (excludes halogenated alkanes) is 6. The molecule has 0 saturated carbocycles. The fourth-order valence-corrected chi connectivity index (χ4v) is 3.17. The SMILES string of the molecule is CCCCC/C=C(\O)C[N+](CCO)(CCC(=O)O)C/C(O)=C/CCCCC. The van der Waals surface area contributed by atoms with Gasteiger partial charge >= 0.3 is 5.97 Å². The van der Waals surface area contributed by atoms with Crippen molar-refractivity contribution in [3.8, 4) is 0 Å². The molecule has 0 aliphatic rings. The van der Waals surface area contributed by atoms with Gasteiger partial charge in [-0.05, 0) is 37.8 Å². The first-order chi connectivity index (χ1) is 12.9. The minimum Gasteiger partial charge on any atom is -0.507 e. The molecule has 0 bridgehead atoms. The van der Waals surface area contributed by atoms with Gasteiger partial charge in [-0.1, -0.05) is 39.5 Å². The van der Waals surface area contributed by atoms with Crippen LogP contribution in [0, 0.1) is 0 Å². The first-order valence-electron chi connectivity index (χ1n) is 10.3. The number of aliphatic carboxylic acids is 1. The molecule has 0 atom stereocenters. The van der Waals surface area contributed by atoms with Crippen molar-refractivity contribution in [3.63, 3.8) is 0 Å². The highest BCUT2D eigenvalue weighted by Crippen LogP contribution is 2.16. The summed E-state index contributed by atoms with van der Waals surface area (Å²) in [6.07, 6.45) is 11.4. The Labute approximate surface area is 164 Å². The average Bonchev–Trinajstić information content (AvgIpc) is 2.61. The van der Waals surface area contributed by atoms with E-state index in [2.05, 4.69) is 13.8 Å². The van der Waals surface area contributed by atoms with Gasteiger partial charge in [-0.25, -0.2) is 0 Å². The van der Waals surface area contributed by atoms with E-state index in [9.17, 15) is 20.1 Å². The molecule has 0 spiro atoms. The zero-order chi connectivity index (χ0) is 20.5. The van der Waals surface area contributed by atoms with E-state index in [4.69, 9.17) is 5.11 Å². The van der Waals surface area contributed by atoms with Crippen LogP contribution in [0.15, 0.2) is 23.7 Å². The summed E-state index contributed by atoms with van der Waals surface area (Å²) in [5.41, 5.74) is 0. The van der Waals surface area contributed by atoms with Gasteiger partial charge in [0.25, 0.3) is 0 Å². The smallest absolute Gasteiger partial charge is 0.309 e. The van der Waals surface area contributed by atoms with Crippen LogP contribution in [0.1, 0.15) is 71.6 Å². The minimum absolute atomic E-state index is 0.0772. The molecule has 0 aromatic carbocycles. The van der Waals surface area contributed by atoms with Crippen LogP contribution in [0.4, 0.5) is 0 Å². The Hall–Kier alpha value is -1.53. The maximum Gasteiger partial charge on any atom is 0.309 e. The Morgan fingerprint density at radius 2 is 1.30 bits per heavy atom. The molecule has 0 unspecified atom stereocenters. The molecule has 158 valence electrons. The predicted molar refractivity (Wildman–Crippen MR) is 109 cm³/mol. The third-order valence-electron chi connectivity index (χ3n) is 4.74. The number of hydrogen-bond acceptors (Lipinski definition) is 4. The van der Waals surface area contributed by atoms with Crippen LogP contribution in [0.5, 0.6) is 0 Å². The van der Waals surface area contributed by atoms with E-state index in [0.717, 1.165) is 51.4 Å². The van der Waals surface area contributed by atoms with Crippen molar-refractivity contribution in [1.29, 1.82) is 0 Å². The van der Waals surface area contributed by atoms with Crippen molar-refractivity contribution in [1.82, 2.24) is 0 Å². The highest BCUT2D eigenvalue weighted by molar-refractivity contribution is 5.66. The maximum atomic E-state index is 11.1. The number of carboxylic acid groups (broad SMARTS) is 1. The number of carbonyl (C=O) groups is 1. The molecule has 0 saturated heterocycles. The summed E-state index contributed by atoms with van der Waals surface area (Å²) in [6, 6.07) is 0. The molecule has 0 aromatic heterocycles. The quantitative estimate of drug-likeness (QED) is 0.170. The molecule has 6 heteroatoms. The molecule has 27 heavy (non-hydrogen) atoms. The molecule has 0 aliphatic carbocycles. The van der Waals surface area contributed by atoms with Crippen LogP contribution in [-0.4, -0.2) is 63.7 Å². The summed E-state index contributed by atoms with van der Waals surface area (Å²) < 4.78 is 0.134. The monoisotopic (exact) mass is 386 g/mol. The lowest BCUT2D eigenvalue weighted by atomic mass is 10.1. The minimum atomic E-state index is -0.923. The molecule has 0 aromatic rings. The van der Waals surface area contributed by atoms with Crippen LogP contribution < -0.4 is 0 Å². The van der Waals surface area contributed by atoms with Crippen LogP contribution in [0.25, 0.3) is 0 Å². The normalized spacial score (nSPS) is 14.9. The lowest BCUT2D eigenvalue weighted by Gasteiger charge is -2.37. The van der Waals surface area contributed by atoms with Gasteiger partial charge in [-0.3, -0.25) is 4.79 Å². The number of nitrogens with zero attached hydrogens (tertiary/aromatic N) is 1. The fourth-order valence-electron chi connectivity index (χ4n) is 3.17. The van der Waals surface area contributed by atoms with Crippen molar-refractivity contribution in [3.05, 3.63) is 23.7 Å². The van der Waals surface area contributed by atoms with Gasteiger partial charge in [0.2, 0.25) is 0 Å². The Kier molecular flexibility index (Phi) is 14.6. The van der Waals surface area contributed by atoms with Crippen LogP contribution in [0.3, 0.4) is 0 Å². The second-order valence-corrected chi connectivity index (χ2v) is 7.35. The van der Waals surface area contributed by atoms with Crippen LogP contribution in [-0.2, 0) is 4.79 Å². The first-order valence-corrected chi connectivity index (χ1v) is 10.3. The maximum absolute atomic E-state index is 11.1. The number of allylic oxidation sites excluding steroid dienone is 2. The van der Waals surface area contributed by atoms with E-state index in [-0.39, 0.29) is 55.2 Å². The second-order valence-electron chi connectivity index (χ2n) is 7.35. The highest BCUT2D eigenvalue weighted by Gasteiger charge is 2.30.